The van der Waals surface area contributed by atoms with Crippen LogP contribution in [0.15, 0.2) is 18.6 Å². The van der Waals surface area contributed by atoms with Crippen LogP contribution in [0, 0.1) is 0 Å². The lowest BCUT2D eigenvalue weighted by molar-refractivity contribution is 0.0558. The molecule has 1 aliphatic heterocycles. The Labute approximate surface area is 127 Å². The van der Waals surface area contributed by atoms with Crippen molar-refractivity contribution in [1.29, 1.82) is 0 Å². The molecular formula is C13H17ClN6O. The molecule has 0 unspecified atom stereocenters. The number of nitrogens with zero attached hydrogens (tertiary/aromatic N) is 6. The molecule has 0 aromatic carbocycles. The van der Waals surface area contributed by atoms with Crippen LogP contribution in [-0.4, -0.2) is 43.2 Å². The molecule has 3 rings (SSSR count). The molecule has 7 nitrogen and oxygen atoms in total. The van der Waals surface area contributed by atoms with Crippen molar-refractivity contribution in [1.82, 2.24) is 25.0 Å². The van der Waals surface area contributed by atoms with Gasteiger partial charge in [0.25, 0.3) is 0 Å². The van der Waals surface area contributed by atoms with Gasteiger partial charge in [0.2, 0.25) is 5.95 Å². The minimum absolute atomic E-state index is 0.215. The van der Waals surface area contributed by atoms with Gasteiger partial charge in [-0.2, -0.15) is 0 Å². The van der Waals surface area contributed by atoms with Crippen LogP contribution in [0.1, 0.15) is 32.0 Å². The topological polar surface area (TPSA) is 80.0 Å². The number of aromatic nitrogens is 5. The summed E-state index contributed by atoms with van der Waals surface area (Å²) in [5.74, 6) is 0.562. The summed E-state index contributed by atoms with van der Waals surface area (Å²) in [7, 11) is 0. The van der Waals surface area contributed by atoms with Crippen molar-refractivity contribution >= 4 is 17.5 Å². The second kappa shape index (κ2) is 5.23. The Balaban J connectivity index is 1.79. The fourth-order valence-electron chi connectivity index (χ4n) is 2.38. The average Bonchev–Trinajstić information content (AvgIpc) is 3.07. The summed E-state index contributed by atoms with van der Waals surface area (Å²) in [6.45, 7) is 5.09. The van der Waals surface area contributed by atoms with Crippen LogP contribution < -0.4 is 4.90 Å². The number of rotatable bonds is 3. The number of hydrogen-bond donors (Lipinski definition) is 1. The summed E-state index contributed by atoms with van der Waals surface area (Å²) in [6.07, 6.45) is 5.47. The first-order valence-electron chi connectivity index (χ1n) is 6.85. The standard InChI is InChI=1S/C13H17ClN6O/c1-9(2)20-7-11(17-18-20)13(21)3-4-19(8-13)12-15-5-10(14)6-16-12/h5-7,9,21H,3-4,8H2,1-2H3/t13-/m1/s1. The number of β-amino-alcohol motifs (C(OH)–C–C–N with tert-alkyl or cyclic N) is 1. The largest absolute Gasteiger partial charge is 0.381 e. The smallest absolute Gasteiger partial charge is 0.225 e. The lowest BCUT2D eigenvalue weighted by Crippen LogP contribution is -2.31. The van der Waals surface area contributed by atoms with E-state index in [9.17, 15) is 5.11 Å². The zero-order chi connectivity index (χ0) is 15.0. The van der Waals surface area contributed by atoms with E-state index in [1.165, 1.54) is 0 Å². The van der Waals surface area contributed by atoms with Crippen LogP contribution >= 0.6 is 11.6 Å². The van der Waals surface area contributed by atoms with Gasteiger partial charge < -0.3 is 10.0 Å². The molecule has 21 heavy (non-hydrogen) atoms. The maximum atomic E-state index is 10.8. The molecule has 112 valence electrons. The fraction of sp³-hybridized carbons (Fsp3) is 0.538. The molecule has 1 aliphatic rings. The third-order valence-electron chi connectivity index (χ3n) is 3.65. The van der Waals surface area contributed by atoms with Gasteiger partial charge in [0.1, 0.15) is 11.3 Å². The van der Waals surface area contributed by atoms with Crippen molar-refractivity contribution in [2.24, 2.45) is 0 Å². The molecule has 0 bridgehead atoms. The van der Waals surface area contributed by atoms with Gasteiger partial charge >= 0.3 is 0 Å². The minimum Gasteiger partial charge on any atom is -0.381 e. The van der Waals surface area contributed by atoms with E-state index in [0.717, 1.165) is 0 Å². The van der Waals surface area contributed by atoms with Gasteiger partial charge in [-0.1, -0.05) is 16.8 Å². The Morgan fingerprint density at radius 1 is 1.33 bits per heavy atom. The van der Waals surface area contributed by atoms with E-state index in [1.807, 2.05) is 18.7 Å². The van der Waals surface area contributed by atoms with Crippen LogP contribution in [0.2, 0.25) is 5.02 Å². The summed E-state index contributed by atoms with van der Waals surface area (Å²) in [5.41, 5.74) is -0.427. The first kappa shape index (κ1) is 14.2. The van der Waals surface area contributed by atoms with E-state index in [1.54, 1.807) is 23.3 Å². The highest BCUT2D eigenvalue weighted by Gasteiger charge is 2.41. The van der Waals surface area contributed by atoms with Crippen molar-refractivity contribution in [2.45, 2.75) is 31.9 Å². The molecule has 2 aromatic rings. The summed E-state index contributed by atoms with van der Waals surface area (Å²) in [5, 5.41) is 19.5. The molecule has 0 radical (unpaired) electrons. The Bertz CT molecular complexity index is 628. The molecule has 8 heteroatoms. The molecule has 3 heterocycles. The van der Waals surface area contributed by atoms with E-state index in [4.69, 9.17) is 11.6 Å². The highest BCUT2D eigenvalue weighted by molar-refractivity contribution is 6.30. The Morgan fingerprint density at radius 3 is 2.67 bits per heavy atom. The number of halogens is 1. The SMILES string of the molecule is CC(C)n1cc([C@@]2(O)CCN(c3ncc(Cl)cn3)C2)nn1. The second-order valence-electron chi connectivity index (χ2n) is 5.58. The molecule has 2 aromatic heterocycles. The second-order valence-corrected chi connectivity index (χ2v) is 6.02. The van der Waals surface area contributed by atoms with E-state index < -0.39 is 5.60 Å². The van der Waals surface area contributed by atoms with Crippen molar-refractivity contribution in [3.05, 3.63) is 29.3 Å². The van der Waals surface area contributed by atoms with Crippen LogP contribution in [0.4, 0.5) is 5.95 Å². The van der Waals surface area contributed by atoms with Gasteiger partial charge in [0.05, 0.1) is 30.2 Å². The highest BCUT2D eigenvalue weighted by atomic mass is 35.5. The van der Waals surface area contributed by atoms with Gasteiger partial charge in [-0.3, -0.25) is 0 Å². The normalized spacial score (nSPS) is 22.2. The Kier molecular flexibility index (Phi) is 3.54. The molecule has 0 spiro atoms. The zero-order valence-electron chi connectivity index (χ0n) is 11.9. The molecule has 0 amide bonds. The van der Waals surface area contributed by atoms with Gasteiger partial charge in [-0.25, -0.2) is 14.6 Å². The summed E-state index contributed by atoms with van der Waals surface area (Å²) in [6, 6.07) is 0.215. The van der Waals surface area contributed by atoms with Crippen LogP contribution in [0.25, 0.3) is 0 Å². The Morgan fingerprint density at radius 2 is 2.05 bits per heavy atom. The molecule has 0 aliphatic carbocycles. The third-order valence-corrected chi connectivity index (χ3v) is 3.85. The molecule has 0 saturated carbocycles. The molecular weight excluding hydrogens is 292 g/mol. The highest BCUT2D eigenvalue weighted by Crippen LogP contribution is 2.32. The average molecular weight is 309 g/mol. The van der Waals surface area contributed by atoms with Crippen LogP contribution in [-0.2, 0) is 5.60 Å². The summed E-state index contributed by atoms with van der Waals surface area (Å²) < 4.78 is 1.74. The predicted octanol–water partition coefficient (Wildman–Crippen LogP) is 1.40. The molecule has 1 saturated heterocycles. The molecule has 1 N–H and O–H groups in total. The van der Waals surface area contributed by atoms with E-state index in [2.05, 4.69) is 20.3 Å². The summed E-state index contributed by atoms with van der Waals surface area (Å²) >= 11 is 5.79. The van der Waals surface area contributed by atoms with Crippen LogP contribution in [0.3, 0.4) is 0 Å². The van der Waals surface area contributed by atoms with E-state index in [-0.39, 0.29) is 6.04 Å². The molecule has 1 fully saturated rings. The van der Waals surface area contributed by atoms with Gasteiger partial charge in [0.15, 0.2) is 0 Å². The van der Waals surface area contributed by atoms with Crippen molar-refractivity contribution in [3.63, 3.8) is 0 Å². The number of anilines is 1. The van der Waals surface area contributed by atoms with E-state index >= 15 is 0 Å². The van der Waals surface area contributed by atoms with Crippen LogP contribution in [0.5, 0.6) is 0 Å². The monoisotopic (exact) mass is 308 g/mol. The summed E-state index contributed by atoms with van der Waals surface area (Å²) in [4.78, 5) is 10.3. The number of aliphatic hydroxyl groups is 1. The first-order chi connectivity index (χ1) is 9.98. The predicted molar refractivity (Wildman–Crippen MR) is 78.2 cm³/mol. The van der Waals surface area contributed by atoms with Crippen molar-refractivity contribution in [2.75, 3.05) is 18.0 Å². The van der Waals surface area contributed by atoms with Gasteiger partial charge in [-0.05, 0) is 13.8 Å². The lowest BCUT2D eigenvalue weighted by Gasteiger charge is -2.20. The third kappa shape index (κ3) is 2.71. The molecule has 1 atom stereocenters. The van der Waals surface area contributed by atoms with Crippen molar-refractivity contribution in [3.8, 4) is 0 Å². The van der Waals surface area contributed by atoms with Gasteiger partial charge in [-0.15, -0.1) is 5.10 Å². The van der Waals surface area contributed by atoms with Gasteiger partial charge in [0, 0.05) is 19.0 Å². The zero-order valence-corrected chi connectivity index (χ0v) is 12.7. The Hall–Kier alpha value is -1.73. The maximum absolute atomic E-state index is 10.8. The van der Waals surface area contributed by atoms with E-state index in [0.29, 0.717) is 36.2 Å². The lowest BCUT2D eigenvalue weighted by atomic mass is 10.00. The number of hydrogen-bond acceptors (Lipinski definition) is 6. The maximum Gasteiger partial charge on any atom is 0.225 e. The quantitative estimate of drug-likeness (QED) is 0.923. The fourth-order valence-corrected chi connectivity index (χ4v) is 2.48. The first-order valence-corrected chi connectivity index (χ1v) is 7.23. The minimum atomic E-state index is -1.02. The van der Waals surface area contributed by atoms with Crippen molar-refractivity contribution < 1.29 is 5.11 Å².